The van der Waals surface area contributed by atoms with Crippen LogP contribution in [0.25, 0.3) is 0 Å². The lowest BCUT2D eigenvalue weighted by Crippen LogP contribution is -2.54. The van der Waals surface area contributed by atoms with Crippen molar-refractivity contribution in [1.29, 1.82) is 0 Å². The number of amides is 1. The first-order chi connectivity index (χ1) is 17.8. The number of hydrogen-bond donors (Lipinski definition) is 0. The van der Waals surface area contributed by atoms with E-state index in [9.17, 15) is 13.2 Å². The second kappa shape index (κ2) is 10.4. The molecule has 194 valence electrons. The Kier molecular flexibility index (Phi) is 7.16. The van der Waals surface area contributed by atoms with Crippen LogP contribution in [0.3, 0.4) is 0 Å². The third-order valence-electron chi connectivity index (χ3n) is 7.19. The van der Waals surface area contributed by atoms with Crippen molar-refractivity contribution in [2.24, 2.45) is 0 Å². The molecule has 0 bridgehead atoms. The van der Waals surface area contributed by atoms with E-state index in [0.717, 1.165) is 13.1 Å². The van der Waals surface area contributed by atoms with Crippen molar-refractivity contribution in [3.05, 3.63) is 88.9 Å². The van der Waals surface area contributed by atoms with Crippen molar-refractivity contribution in [1.82, 2.24) is 9.21 Å². The van der Waals surface area contributed by atoms with E-state index in [-0.39, 0.29) is 24.0 Å². The van der Waals surface area contributed by atoms with Gasteiger partial charge >= 0.3 is 0 Å². The molecule has 9 heteroatoms. The van der Waals surface area contributed by atoms with E-state index >= 15 is 0 Å². The van der Waals surface area contributed by atoms with Crippen LogP contribution >= 0.6 is 11.6 Å². The maximum atomic E-state index is 13.9. The van der Waals surface area contributed by atoms with Crippen LogP contribution in [0.15, 0.2) is 77.7 Å². The number of halogens is 1. The molecule has 2 fully saturated rings. The first kappa shape index (κ1) is 25.6. The summed E-state index contributed by atoms with van der Waals surface area (Å²) in [4.78, 5) is 20.1. The Bertz CT molecular complexity index is 1390. The van der Waals surface area contributed by atoms with Crippen molar-refractivity contribution < 1.29 is 13.2 Å². The van der Waals surface area contributed by atoms with E-state index in [4.69, 9.17) is 11.6 Å². The molecule has 2 aliphatic heterocycles. The zero-order valence-corrected chi connectivity index (χ0v) is 22.6. The molecule has 7 nitrogen and oxygen atoms in total. The average Bonchev–Trinajstić information content (AvgIpc) is 3.37. The van der Waals surface area contributed by atoms with Gasteiger partial charge in [-0.1, -0.05) is 54.1 Å². The zero-order chi connectivity index (χ0) is 26.2. The number of rotatable bonds is 5. The summed E-state index contributed by atoms with van der Waals surface area (Å²) in [5.41, 5.74) is 4.28. The fourth-order valence-electron chi connectivity index (χ4n) is 5.11. The van der Waals surface area contributed by atoms with Crippen molar-refractivity contribution in [2.75, 3.05) is 49.2 Å². The Balaban J connectivity index is 1.38. The summed E-state index contributed by atoms with van der Waals surface area (Å²) in [6, 6.07) is 21.4. The lowest BCUT2D eigenvalue weighted by Gasteiger charge is -2.39. The monoisotopic (exact) mass is 538 g/mol. The number of para-hydroxylation sites is 1. The molecule has 1 atom stereocenters. The summed E-state index contributed by atoms with van der Waals surface area (Å²) in [7, 11) is -3.77. The van der Waals surface area contributed by atoms with Crippen LogP contribution in [-0.4, -0.2) is 69.0 Å². The number of benzene rings is 3. The largest absolute Gasteiger partial charge is 0.368 e. The molecule has 0 saturated carbocycles. The Labute approximate surface area is 223 Å². The summed E-state index contributed by atoms with van der Waals surface area (Å²) in [6.07, 6.45) is 0. The number of hydrogen-bond acceptors (Lipinski definition) is 5. The van der Waals surface area contributed by atoms with Gasteiger partial charge in [-0.3, -0.25) is 4.79 Å². The van der Waals surface area contributed by atoms with E-state index in [2.05, 4.69) is 36.9 Å². The molecule has 0 aliphatic carbocycles. The molecule has 3 aromatic rings. The number of sulfonamides is 1. The number of aryl methyl sites for hydroxylation is 2. The zero-order valence-electron chi connectivity index (χ0n) is 21.0. The second-order valence-corrected chi connectivity index (χ2v) is 12.0. The fourth-order valence-corrected chi connectivity index (χ4v) is 6.77. The smallest absolute Gasteiger partial charge is 0.246 e. The summed E-state index contributed by atoms with van der Waals surface area (Å²) in [5, 5.41) is 0.485. The SMILES string of the molecule is Cc1ccc(C)c(N2CCN(C(=O)[C@@H]3CN(S(=O)(=O)c4ccccc4)CN3c3ccccc3Cl)CC2)c1. The van der Waals surface area contributed by atoms with Crippen LogP contribution in [0, 0.1) is 13.8 Å². The second-order valence-electron chi connectivity index (χ2n) is 9.63. The molecule has 3 aromatic carbocycles. The van der Waals surface area contributed by atoms with E-state index < -0.39 is 16.1 Å². The standard InChI is InChI=1S/C28H31ClN4O3S/c1-21-12-13-22(2)26(18-21)30-14-16-31(17-15-30)28(34)27-19-32(37(35,36)23-8-4-3-5-9-23)20-33(27)25-11-7-6-10-24(25)29/h3-13,18,27H,14-17,19-20H2,1-2H3/t27-/m0/s1. The number of piperazine rings is 1. The van der Waals surface area contributed by atoms with Crippen LogP contribution in [0.4, 0.5) is 11.4 Å². The molecule has 37 heavy (non-hydrogen) atoms. The van der Waals surface area contributed by atoms with Crippen molar-refractivity contribution in [3.8, 4) is 0 Å². The Morgan fingerprint density at radius 2 is 1.54 bits per heavy atom. The number of carbonyl (C=O) groups excluding carboxylic acids is 1. The molecule has 0 radical (unpaired) electrons. The molecule has 0 aromatic heterocycles. The molecule has 2 aliphatic rings. The van der Waals surface area contributed by atoms with E-state index in [1.165, 1.54) is 21.1 Å². The highest BCUT2D eigenvalue weighted by Gasteiger charge is 2.43. The first-order valence-corrected chi connectivity index (χ1v) is 14.2. The summed E-state index contributed by atoms with van der Waals surface area (Å²) in [6.45, 7) is 6.91. The highest BCUT2D eigenvalue weighted by Crippen LogP contribution is 2.33. The van der Waals surface area contributed by atoms with Gasteiger partial charge in [-0.05, 0) is 55.3 Å². The summed E-state index contributed by atoms with van der Waals surface area (Å²) < 4.78 is 28.2. The third kappa shape index (κ3) is 5.06. The van der Waals surface area contributed by atoms with Gasteiger partial charge in [0.1, 0.15) is 6.04 Å². The van der Waals surface area contributed by atoms with Gasteiger partial charge in [0.2, 0.25) is 15.9 Å². The fraction of sp³-hybridized carbons (Fsp3) is 0.321. The molecule has 0 N–H and O–H groups in total. The molecule has 2 saturated heterocycles. The predicted octanol–water partition coefficient (Wildman–Crippen LogP) is 4.14. The number of nitrogens with zero attached hydrogens (tertiary/aromatic N) is 4. The van der Waals surface area contributed by atoms with Gasteiger partial charge in [0.15, 0.2) is 0 Å². The lowest BCUT2D eigenvalue weighted by molar-refractivity contribution is -0.132. The van der Waals surface area contributed by atoms with E-state index in [1.54, 1.807) is 36.4 Å². The predicted molar refractivity (Wildman–Crippen MR) is 148 cm³/mol. The molecule has 5 rings (SSSR count). The van der Waals surface area contributed by atoms with Gasteiger partial charge in [-0.25, -0.2) is 8.42 Å². The summed E-state index contributed by atoms with van der Waals surface area (Å²) in [5.74, 6) is -0.0775. The minimum absolute atomic E-state index is 0.0554. The van der Waals surface area contributed by atoms with E-state index in [1.807, 2.05) is 28.0 Å². The first-order valence-electron chi connectivity index (χ1n) is 12.4. The maximum Gasteiger partial charge on any atom is 0.246 e. The molecular weight excluding hydrogens is 508 g/mol. The minimum Gasteiger partial charge on any atom is -0.368 e. The molecule has 0 unspecified atom stereocenters. The number of carbonyl (C=O) groups is 1. The van der Waals surface area contributed by atoms with Crippen molar-refractivity contribution >= 4 is 38.9 Å². The maximum absolute atomic E-state index is 13.9. The van der Waals surface area contributed by atoms with Gasteiger partial charge in [0, 0.05) is 38.4 Å². The lowest BCUT2D eigenvalue weighted by atomic mass is 10.1. The van der Waals surface area contributed by atoms with Gasteiger partial charge in [-0.15, -0.1) is 0 Å². The van der Waals surface area contributed by atoms with Crippen LogP contribution < -0.4 is 9.80 Å². The van der Waals surface area contributed by atoms with Crippen LogP contribution in [0.2, 0.25) is 5.02 Å². The normalized spacial score (nSPS) is 18.9. The number of anilines is 2. The molecule has 0 spiro atoms. The highest BCUT2D eigenvalue weighted by molar-refractivity contribution is 7.89. The van der Waals surface area contributed by atoms with Crippen molar-refractivity contribution in [2.45, 2.75) is 24.8 Å². The molecule has 2 heterocycles. The van der Waals surface area contributed by atoms with Crippen molar-refractivity contribution in [3.63, 3.8) is 0 Å². The van der Waals surface area contributed by atoms with Crippen LogP contribution in [0.1, 0.15) is 11.1 Å². The van der Waals surface area contributed by atoms with Crippen LogP contribution in [-0.2, 0) is 14.8 Å². The Hall–Kier alpha value is -3.07. The van der Waals surface area contributed by atoms with E-state index in [0.29, 0.717) is 23.8 Å². The quantitative estimate of drug-likeness (QED) is 0.488. The minimum atomic E-state index is -3.77. The van der Waals surface area contributed by atoms with Crippen LogP contribution in [0.5, 0.6) is 0 Å². The molecular formula is C28H31ClN4O3S. The average molecular weight is 539 g/mol. The Morgan fingerprint density at radius 1 is 0.865 bits per heavy atom. The topological polar surface area (TPSA) is 64.2 Å². The Morgan fingerprint density at radius 3 is 2.24 bits per heavy atom. The summed E-state index contributed by atoms with van der Waals surface area (Å²) >= 11 is 6.51. The van der Waals surface area contributed by atoms with Gasteiger partial charge in [-0.2, -0.15) is 4.31 Å². The van der Waals surface area contributed by atoms with Gasteiger partial charge in [0.25, 0.3) is 0 Å². The third-order valence-corrected chi connectivity index (χ3v) is 9.32. The van der Waals surface area contributed by atoms with Gasteiger partial charge in [0.05, 0.1) is 22.3 Å². The highest BCUT2D eigenvalue weighted by atomic mass is 35.5. The molecule has 1 amide bonds. The van der Waals surface area contributed by atoms with Gasteiger partial charge < -0.3 is 14.7 Å².